The minimum atomic E-state index is -0.484. The van der Waals surface area contributed by atoms with Gasteiger partial charge in [0.2, 0.25) is 5.91 Å². The van der Waals surface area contributed by atoms with Crippen molar-refractivity contribution in [1.82, 2.24) is 14.7 Å². The third kappa shape index (κ3) is 6.24. The molecule has 0 saturated carbocycles. The van der Waals surface area contributed by atoms with Crippen molar-refractivity contribution in [2.45, 2.75) is 12.8 Å². The molecule has 0 aromatic carbocycles. The number of piperazine rings is 1. The largest absolute Gasteiger partial charge is 0.383 e. The van der Waals surface area contributed by atoms with Crippen molar-refractivity contribution < 1.29 is 19.2 Å². The van der Waals surface area contributed by atoms with Crippen LogP contribution in [0.25, 0.3) is 0 Å². The number of rotatable bonds is 7. The molecule has 0 aliphatic carbocycles. The van der Waals surface area contributed by atoms with E-state index in [0.717, 1.165) is 19.6 Å². The van der Waals surface area contributed by atoms with E-state index in [1.54, 1.807) is 12.0 Å². The topological polar surface area (TPSA) is 71.1 Å². The summed E-state index contributed by atoms with van der Waals surface area (Å²) in [4.78, 5) is 33.4. The van der Waals surface area contributed by atoms with Crippen LogP contribution in [-0.2, 0) is 19.2 Å². The summed E-state index contributed by atoms with van der Waals surface area (Å²) in [5.74, 6) is -0.496. The summed E-state index contributed by atoms with van der Waals surface area (Å²) in [7, 11) is 1.68. The fourth-order valence-electron chi connectivity index (χ4n) is 1.91. The molecule has 1 rings (SSSR count). The lowest BCUT2D eigenvalue weighted by molar-refractivity contribution is -0.149. The van der Waals surface area contributed by atoms with Crippen molar-refractivity contribution in [1.29, 1.82) is 0 Å². The van der Waals surface area contributed by atoms with Gasteiger partial charge in [-0.25, -0.2) is 0 Å². The summed E-state index contributed by atoms with van der Waals surface area (Å²) in [6.07, 6.45) is 0.239. The first kappa shape index (κ1) is 16.2. The van der Waals surface area contributed by atoms with Crippen molar-refractivity contribution >= 4 is 24.7 Å². The van der Waals surface area contributed by atoms with Crippen molar-refractivity contribution in [3.63, 3.8) is 0 Å². The van der Waals surface area contributed by atoms with Gasteiger partial charge in [0.25, 0.3) is 0 Å². The molecule has 1 aliphatic heterocycles. The maximum Gasteiger partial charge on any atom is 0.326 e. The Kier molecular flexibility index (Phi) is 7.80. The number of thiol groups is 1. The average Bonchev–Trinajstić information content (AvgIpc) is 2.43. The summed E-state index contributed by atoms with van der Waals surface area (Å²) in [6, 6.07) is 0. The minimum absolute atomic E-state index is 0.0116. The number of amides is 1. The van der Waals surface area contributed by atoms with Gasteiger partial charge in [-0.3, -0.25) is 14.5 Å². The summed E-state index contributed by atoms with van der Waals surface area (Å²) in [6.45, 7) is 4.68. The van der Waals surface area contributed by atoms with Gasteiger partial charge in [0, 0.05) is 46.3 Å². The summed E-state index contributed by atoms with van der Waals surface area (Å²) in [5, 5.41) is 0. The van der Waals surface area contributed by atoms with Crippen LogP contribution in [0.4, 0.5) is 0 Å². The molecule has 0 atom stereocenters. The molecular weight excluding hydrogens is 270 g/mol. The van der Waals surface area contributed by atoms with Gasteiger partial charge in [0.1, 0.15) is 0 Å². The average molecular weight is 291 g/mol. The maximum atomic E-state index is 11.9. The van der Waals surface area contributed by atoms with Gasteiger partial charge in [-0.1, -0.05) is 17.7 Å². The first-order valence-electron chi connectivity index (χ1n) is 6.25. The van der Waals surface area contributed by atoms with Crippen LogP contribution in [0.5, 0.6) is 0 Å². The zero-order chi connectivity index (χ0) is 14.1. The molecule has 0 spiro atoms. The SMILES string of the molecule is COCCN1CCN(C(=O)CCC(=O)ONS)CC1. The number of carbonyl (C=O) groups excluding carboxylic acids is 2. The molecule has 110 valence electrons. The number of hydrogen-bond donors (Lipinski definition) is 2. The van der Waals surface area contributed by atoms with Gasteiger partial charge in [0.05, 0.1) is 13.0 Å². The van der Waals surface area contributed by atoms with Gasteiger partial charge in [-0.05, 0) is 0 Å². The number of carbonyl (C=O) groups is 2. The Morgan fingerprint density at radius 3 is 2.47 bits per heavy atom. The van der Waals surface area contributed by atoms with E-state index in [9.17, 15) is 9.59 Å². The van der Waals surface area contributed by atoms with E-state index >= 15 is 0 Å². The van der Waals surface area contributed by atoms with Crippen LogP contribution in [-0.4, -0.2) is 68.1 Å². The molecule has 8 heteroatoms. The molecular formula is C11H21N3O4S. The number of methoxy groups -OCH3 is 1. The predicted octanol–water partition coefficient (Wildman–Crippen LogP) is -0.550. The number of ether oxygens (including phenoxy) is 1. The first-order chi connectivity index (χ1) is 9.17. The number of hydrogen-bond acceptors (Lipinski definition) is 7. The Morgan fingerprint density at radius 2 is 1.89 bits per heavy atom. The highest BCUT2D eigenvalue weighted by Gasteiger charge is 2.21. The Labute approximate surface area is 118 Å². The van der Waals surface area contributed by atoms with E-state index in [-0.39, 0.29) is 18.7 Å². The Hall–Kier alpha value is -0.830. The van der Waals surface area contributed by atoms with Crippen LogP contribution < -0.4 is 4.89 Å². The highest BCUT2D eigenvalue weighted by Crippen LogP contribution is 2.05. The second-order valence-corrected chi connectivity index (χ2v) is 4.46. The van der Waals surface area contributed by atoms with Crippen molar-refractivity contribution in [3.8, 4) is 0 Å². The van der Waals surface area contributed by atoms with Crippen molar-refractivity contribution in [2.24, 2.45) is 0 Å². The van der Waals surface area contributed by atoms with E-state index < -0.39 is 5.97 Å². The number of nitrogens with one attached hydrogen (secondary N) is 1. The molecule has 1 aliphatic rings. The van der Waals surface area contributed by atoms with E-state index in [1.165, 1.54) is 0 Å². The van der Waals surface area contributed by atoms with Crippen LogP contribution in [0.3, 0.4) is 0 Å². The van der Waals surface area contributed by atoms with Crippen molar-refractivity contribution in [3.05, 3.63) is 0 Å². The second-order valence-electron chi connectivity index (χ2n) is 4.28. The lowest BCUT2D eigenvalue weighted by Crippen LogP contribution is -2.49. The first-order valence-corrected chi connectivity index (χ1v) is 6.70. The van der Waals surface area contributed by atoms with Gasteiger partial charge < -0.3 is 14.5 Å². The van der Waals surface area contributed by atoms with E-state index in [1.807, 2.05) is 4.89 Å². The third-order valence-corrected chi connectivity index (χ3v) is 3.13. The van der Waals surface area contributed by atoms with Crippen LogP contribution in [0.15, 0.2) is 0 Å². The van der Waals surface area contributed by atoms with E-state index in [0.29, 0.717) is 19.7 Å². The second kappa shape index (κ2) is 9.13. The molecule has 0 radical (unpaired) electrons. The quantitative estimate of drug-likeness (QED) is 0.484. The van der Waals surface area contributed by atoms with Crippen LogP contribution in [0.1, 0.15) is 12.8 Å². The fourth-order valence-corrected chi connectivity index (χ4v) is 2.01. The normalized spacial score (nSPS) is 16.4. The molecule has 19 heavy (non-hydrogen) atoms. The van der Waals surface area contributed by atoms with E-state index in [4.69, 9.17) is 4.74 Å². The molecule has 1 N–H and O–H groups in total. The van der Waals surface area contributed by atoms with Gasteiger partial charge >= 0.3 is 5.97 Å². The van der Waals surface area contributed by atoms with E-state index in [2.05, 4.69) is 22.6 Å². The molecule has 1 amide bonds. The van der Waals surface area contributed by atoms with Gasteiger partial charge in [-0.2, -0.15) is 0 Å². The molecule has 0 aromatic heterocycles. The molecule has 1 heterocycles. The number of nitrogens with zero attached hydrogens (tertiary/aromatic N) is 2. The third-order valence-electron chi connectivity index (χ3n) is 3.04. The van der Waals surface area contributed by atoms with Gasteiger partial charge in [0.15, 0.2) is 0 Å². The van der Waals surface area contributed by atoms with Crippen LogP contribution >= 0.6 is 12.8 Å². The van der Waals surface area contributed by atoms with Crippen molar-refractivity contribution in [2.75, 3.05) is 46.4 Å². The molecule has 0 unspecified atom stereocenters. The molecule has 7 nitrogen and oxygen atoms in total. The Balaban J connectivity index is 2.19. The lowest BCUT2D eigenvalue weighted by Gasteiger charge is -2.34. The maximum absolute atomic E-state index is 11.9. The van der Waals surface area contributed by atoms with Crippen LogP contribution in [0, 0.1) is 0 Å². The highest BCUT2D eigenvalue weighted by atomic mass is 32.1. The lowest BCUT2D eigenvalue weighted by atomic mass is 10.2. The standard InChI is InChI=1S/C11H21N3O4S/c1-17-9-8-13-4-6-14(7-5-13)10(15)2-3-11(16)18-12-19/h12,19H,2-9H2,1H3. The smallest absolute Gasteiger partial charge is 0.326 e. The monoisotopic (exact) mass is 291 g/mol. The molecule has 1 fully saturated rings. The minimum Gasteiger partial charge on any atom is -0.383 e. The predicted molar refractivity (Wildman–Crippen MR) is 72.3 cm³/mol. The molecule has 0 aromatic rings. The molecule has 0 bridgehead atoms. The van der Waals surface area contributed by atoms with Gasteiger partial charge in [-0.15, -0.1) is 0 Å². The summed E-state index contributed by atoms with van der Waals surface area (Å²) in [5.41, 5.74) is 0. The molecule has 1 saturated heterocycles. The summed E-state index contributed by atoms with van der Waals surface area (Å²) < 4.78 is 5.02. The zero-order valence-corrected chi connectivity index (χ0v) is 12.0. The Morgan fingerprint density at radius 1 is 1.21 bits per heavy atom. The Bertz CT molecular complexity index is 296. The fraction of sp³-hybridized carbons (Fsp3) is 0.818. The zero-order valence-electron chi connectivity index (χ0n) is 11.1. The summed E-state index contributed by atoms with van der Waals surface area (Å²) >= 11 is 3.54. The van der Waals surface area contributed by atoms with Crippen LogP contribution in [0.2, 0.25) is 0 Å². The highest BCUT2D eigenvalue weighted by molar-refractivity contribution is 7.77.